The minimum absolute atomic E-state index is 0.0262. The van der Waals surface area contributed by atoms with Gasteiger partial charge >= 0.3 is 25.0 Å². The van der Waals surface area contributed by atoms with E-state index in [9.17, 15) is 24.3 Å². The van der Waals surface area contributed by atoms with Crippen LogP contribution in [0, 0.1) is 5.92 Å². The van der Waals surface area contributed by atoms with Gasteiger partial charge in [-0.25, -0.2) is 0 Å². The fourth-order valence-electron chi connectivity index (χ4n) is 3.66. The fraction of sp³-hybridized carbons (Fsp3) is 0.524. The Labute approximate surface area is 191 Å². The molecule has 0 bridgehead atoms. The standard InChI is InChI=1S/C21H29BN2O9/c1-12(2)8-15(22-32-20(31)21(33-22,10-16(25)26)11-17(27)28)24-19(30)18(29)14(23)9-13-6-4-3-5-7-13/h3-7,12,14-15,18,29H,8-11,23H2,1-2H3,(H,24,30)(H,25,26)(H,27,28)/t14?,15-,18?/m0/s1. The van der Waals surface area contributed by atoms with E-state index in [2.05, 4.69) is 5.32 Å². The minimum Gasteiger partial charge on any atom is -0.506 e. The number of rotatable bonds is 12. The van der Waals surface area contributed by atoms with Crippen molar-refractivity contribution in [3.8, 4) is 0 Å². The van der Waals surface area contributed by atoms with Gasteiger partial charge in [0.1, 0.15) is 6.10 Å². The molecule has 2 unspecified atom stereocenters. The number of aliphatic hydroxyl groups excluding tert-OH is 1. The maximum Gasteiger partial charge on any atom is 0.552 e. The number of nitrogens with one attached hydrogen (secondary N) is 1. The molecule has 0 spiro atoms. The molecule has 1 aliphatic heterocycles. The lowest BCUT2D eigenvalue weighted by Crippen LogP contribution is -2.55. The van der Waals surface area contributed by atoms with Gasteiger partial charge in [0.2, 0.25) is 5.91 Å². The molecule has 0 aromatic heterocycles. The lowest BCUT2D eigenvalue weighted by atomic mass is 9.73. The SMILES string of the molecule is CC(C)C[C@H](NC(=O)C(O)C(N)Cc1ccccc1)B1OC(=O)C(CC(=O)O)(CC(=O)O)O1. The molecule has 12 heteroatoms. The summed E-state index contributed by atoms with van der Waals surface area (Å²) in [6.45, 7) is 3.66. The zero-order chi connectivity index (χ0) is 24.8. The third kappa shape index (κ3) is 7.27. The summed E-state index contributed by atoms with van der Waals surface area (Å²) in [4.78, 5) is 47.6. The van der Waals surface area contributed by atoms with Gasteiger partial charge in [-0.15, -0.1) is 0 Å². The van der Waals surface area contributed by atoms with Crippen molar-refractivity contribution in [3.63, 3.8) is 0 Å². The first kappa shape index (κ1) is 26.3. The first-order chi connectivity index (χ1) is 15.4. The first-order valence-electron chi connectivity index (χ1n) is 10.5. The normalized spacial score (nSPS) is 17.8. The van der Waals surface area contributed by atoms with Crippen LogP contribution < -0.4 is 11.1 Å². The third-order valence-electron chi connectivity index (χ3n) is 5.18. The number of amides is 1. The van der Waals surface area contributed by atoms with Gasteiger partial charge < -0.3 is 35.7 Å². The monoisotopic (exact) mass is 464 g/mol. The number of carbonyl (C=O) groups excluding carboxylic acids is 2. The predicted octanol–water partition coefficient (Wildman–Crippen LogP) is -0.263. The number of carboxylic acids is 2. The van der Waals surface area contributed by atoms with E-state index in [0.29, 0.717) is 0 Å². The summed E-state index contributed by atoms with van der Waals surface area (Å²) in [5, 5.41) is 31.3. The van der Waals surface area contributed by atoms with Gasteiger partial charge in [0.15, 0.2) is 5.60 Å². The fourth-order valence-corrected chi connectivity index (χ4v) is 3.66. The highest BCUT2D eigenvalue weighted by molar-refractivity contribution is 6.51. The Bertz CT molecular complexity index is 849. The van der Waals surface area contributed by atoms with Gasteiger partial charge in [-0.1, -0.05) is 44.2 Å². The highest BCUT2D eigenvalue weighted by Crippen LogP contribution is 2.32. The van der Waals surface area contributed by atoms with E-state index >= 15 is 0 Å². The lowest BCUT2D eigenvalue weighted by Gasteiger charge is -2.26. The van der Waals surface area contributed by atoms with E-state index in [0.717, 1.165) is 5.56 Å². The van der Waals surface area contributed by atoms with Gasteiger partial charge in [0.05, 0.1) is 18.8 Å². The Hall–Kier alpha value is -2.96. The summed E-state index contributed by atoms with van der Waals surface area (Å²) in [5.41, 5.74) is 4.61. The average Bonchev–Trinajstić information content (AvgIpc) is 3.01. The molecule has 1 saturated heterocycles. The van der Waals surface area contributed by atoms with Gasteiger partial charge in [-0.2, -0.15) is 0 Å². The summed E-state index contributed by atoms with van der Waals surface area (Å²) < 4.78 is 10.7. The molecule has 0 aliphatic carbocycles. The smallest absolute Gasteiger partial charge is 0.506 e. The van der Waals surface area contributed by atoms with Crippen LogP contribution in [0.15, 0.2) is 30.3 Å². The van der Waals surface area contributed by atoms with Crippen LogP contribution >= 0.6 is 0 Å². The molecule has 0 radical (unpaired) electrons. The molecular weight excluding hydrogens is 435 g/mol. The molecule has 1 fully saturated rings. The second-order valence-corrected chi connectivity index (χ2v) is 8.57. The summed E-state index contributed by atoms with van der Waals surface area (Å²) in [5.74, 6) is -5.84. The zero-order valence-electron chi connectivity index (χ0n) is 18.5. The Balaban J connectivity index is 2.15. The van der Waals surface area contributed by atoms with Crippen LogP contribution in [0.4, 0.5) is 0 Å². The van der Waals surface area contributed by atoms with Crippen molar-refractivity contribution in [2.45, 2.75) is 63.2 Å². The summed E-state index contributed by atoms with van der Waals surface area (Å²) in [6, 6.07) is 8.13. The predicted molar refractivity (Wildman–Crippen MR) is 116 cm³/mol. The molecule has 33 heavy (non-hydrogen) atoms. The molecule has 1 aliphatic rings. The van der Waals surface area contributed by atoms with Gasteiger partial charge in [-0.05, 0) is 24.3 Å². The minimum atomic E-state index is -2.22. The Morgan fingerprint density at radius 2 is 1.70 bits per heavy atom. The Kier molecular flexibility index (Phi) is 8.97. The molecule has 180 valence electrons. The number of carboxylic acid groups (broad SMARTS) is 2. The largest absolute Gasteiger partial charge is 0.552 e. The number of benzene rings is 1. The van der Waals surface area contributed by atoms with Gasteiger partial charge in [-0.3, -0.25) is 19.2 Å². The number of aliphatic carboxylic acids is 2. The molecule has 1 heterocycles. The van der Waals surface area contributed by atoms with Crippen LogP contribution in [0.5, 0.6) is 0 Å². The van der Waals surface area contributed by atoms with Crippen molar-refractivity contribution in [3.05, 3.63) is 35.9 Å². The van der Waals surface area contributed by atoms with E-state index < -0.39 is 67.5 Å². The van der Waals surface area contributed by atoms with E-state index in [1.54, 1.807) is 12.1 Å². The van der Waals surface area contributed by atoms with Crippen molar-refractivity contribution < 1.29 is 43.8 Å². The lowest BCUT2D eigenvalue weighted by molar-refractivity contribution is -0.157. The first-order valence-corrected chi connectivity index (χ1v) is 10.5. The van der Waals surface area contributed by atoms with Crippen LogP contribution in [0.25, 0.3) is 0 Å². The maximum absolute atomic E-state index is 12.7. The molecule has 3 atom stereocenters. The highest BCUT2D eigenvalue weighted by Gasteiger charge is 2.58. The van der Waals surface area contributed by atoms with Crippen molar-refractivity contribution in [1.29, 1.82) is 0 Å². The van der Waals surface area contributed by atoms with Crippen molar-refractivity contribution in [2.75, 3.05) is 0 Å². The molecule has 11 nitrogen and oxygen atoms in total. The summed E-state index contributed by atoms with van der Waals surface area (Å²) in [6.07, 6.45) is -2.94. The van der Waals surface area contributed by atoms with E-state index in [-0.39, 0.29) is 18.8 Å². The molecule has 2 rings (SSSR count). The second-order valence-electron chi connectivity index (χ2n) is 8.57. The molecule has 6 N–H and O–H groups in total. The van der Waals surface area contributed by atoms with Crippen LogP contribution in [0.1, 0.15) is 38.7 Å². The van der Waals surface area contributed by atoms with Crippen molar-refractivity contribution >= 4 is 30.9 Å². The summed E-state index contributed by atoms with van der Waals surface area (Å²) >= 11 is 0. The van der Waals surface area contributed by atoms with E-state index in [4.69, 9.17) is 25.3 Å². The molecular formula is C21H29BN2O9. The number of hydrogen-bond acceptors (Lipinski definition) is 8. The molecule has 1 amide bonds. The molecule has 1 aromatic carbocycles. The van der Waals surface area contributed by atoms with E-state index in [1.165, 1.54) is 0 Å². The number of aliphatic hydroxyl groups is 1. The van der Waals surface area contributed by atoms with Crippen LogP contribution in [0.2, 0.25) is 0 Å². The van der Waals surface area contributed by atoms with Crippen LogP contribution in [0.3, 0.4) is 0 Å². The third-order valence-corrected chi connectivity index (χ3v) is 5.18. The Morgan fingerprint density at radius 1 is 1.12 bits per heavy atom. The number of nitrogens with two attached hydrogens (primary N) is 1. The van der Waals surface area contributed by atoms with Crippen molar-refractivity contribution in [2.24, 2.45) is 11.7 Å². The average molecular weight is 464 g/mol. The van der Waals surface area contributed by atoms with Crippen LogP contribution in [-0.4, -0.2) is 69.9 Å². The van der Waals surface area contributed by atoms with E-state index in [1.807, 2.05) is 32.0 Å². The second kappa shape index (κ2) is 11.3. The number of hydrogen-bond donors (Lipinski definition) is 5. The molecule has 0 saturated carbocycles. The van der Waals surface area contributed by atoms with Crippen molar-refractivity contribution in [1.82, 2.24) is 5.32 Å². The van der Waals surface area contributed by atoms with Gasteiger partial charge in [0, 0.05) is 6.04 Å². The quantitative estimate of drug-likeness (QED) is 0.258. The van der Waals surface area contributed by atoms with Gasteiger partial charge in [0.25, 0.3) is 0 Å². The summed E-state index contributed by atoms with van der Waals surface area (Å²) in [7, 11) is -1.43. The highest BCUT2D eigenvalue weighted by atomic mass is 16.7. The molecule has 1 aromatic rings. The zero-order valence-corrected chi connectivity index (χ0v) is 18.5. The van der Waals surface area contributed by atoms with Crippen LogP contribution in [-0.2, 0) is 34.9 Å². The number of carbonyl (C=O) groups is 4. The Morgan fingerprint density at radius 3 is 2.21 bits per heavy atom. The topological polar surface area (TPSA) is 185 Å². The maximum atomic E-state index is 12.7.